The molecule has 6 heteroatoms. The minimum Gasteiger partial charge on any atom is -0.296 e. The van der Waals surface area contributed by atoms with Gasteiger partial charge in [0.15, 0.2) is 0 Å². The Hall–Kier alpha value is -2.21. The molecule has 2 aromatic rings. The second-order valence-corrected chi connectivity index (χ2v) is 6.11. The van der Waals surface area contributed by atoms with E-state index in [-0.39, 0.29) is 11.9 Å². The van der Waals surface area contributed by atoms with Crippen molar-refractivity contribution < 1.29 is 4.79 Å². The van der Waals surface area contributed by atoms with Crippen LogP contribution in [0.2, 0.25) is 0 Å². The van der Waals surface area contributed by atoms with Gasteiger partial charge in [-0.1, -0.05) is 6.07 Å². The topological polar surface area (TPSA) is 54.3 Å². The van der Waals surface area contributed by atoms with E-state index in [0.29, 0.717) is 0 Å². The van der Waals surface area contributed by atoms with E-state index in [2.05, 4.69) is 15.0 Å². The Morgan fingerprint density at radius 2 is 2.22 bits per heavy atom. The zero-order valence-electron chi connectivity index (χ0n) is 13.9. The zero-order valence-corrected chi connectivity index (χ0v) is 13.9. The van der Waals surface area contributed by atoms with Gasteiger partial charge in [0, 0.05) is 44.5 Å². The third kappa shape index (κ3) is 3.27. The molecule has 1 amide bonds. The lowest BCUT2D eigenvalue weighted by molar-refractivity contribution is -0.121. The number of aromatic nitrogens is 3. The van der Waals surface area contributed by atoms with Gasteiger partial charge < -0.3 is 0 Å². The van der Waals surface area contributed by atoms with Crippen molar-refractivity contribution in [2.75, 3.05) is 25.0 Å². The predicted octanol–water partition coefficient (Wildman–Crippen LogP) is 1.40. The zero-order chi connectivity index (χ0) is 16.4. The number of pyridine rings is 1. The molecule has 0 N–H and O–H groups in total. The summed E-state index contributed by atoms with van der Waals surface area (Å²) in [4.78, 5) is 21.1. The minimum atomic E-state index is -0.0612. The van der Waals surface area contributed by atoms with Crippen LogP contribution in [-0.2, 0) is 18.3 Å². The summed E-state index contributed by atoms with van der Waals surface area (Å²) in [7, 11) is 3.90. The maximum absolute atomic E-state index is 12.7. The van der Waals surface area contributed by atoms with E-state index in [4.69, 9.17) is 0 Å². The number of hydrogen-bond donors (Lipinski definition) is 0. The molecule has 0 saturated carbocycles. The number of amides is 1. The third-order valence-corrected chi connectivity index (χ3v) is 4.41. The van der Waals surface area contributed by atoms with Gasteiger partial charge in [0.2, 0.25) is 5.91 Å². The molecule has 1 aliphatic heterocycles. The smallest absolute Gasteiger partial charge is 0.245 e. The summed E-state index contributed by atoms with van der Waals surface area (Å²) in [6.45, 7) is 3.52. The predicted molar refractivity (Wildman–Crippen MR) is 89.3 cm³/mol. The van der Waals surface area contributed by atoms with Crippen LogP contribution in [0, 0.1) is 6.92 Å². The van der Waals surface area contributed by atoms with E-state index in [1.165, 1.54) is 0 Å². The second-order valence-electron chi connectivity index (χ2n) is 6.11. The highest BCUT2D eigenvalue weighted by molar-refractivity contribution is 5.98. The highest BCUT2D eigenvalue weighted by atomic mass is 16.2. The third-order valence-electron chi connectivity index (χ3n) is 4.41. The van der Waals surface area contributed by atoms with Crippen molar-refractivity contribution in [2.24, 2.45) is 7.05 Å². The van der Waals surface area contributed by atoms with Gasteiger partial charge in [-0.3, -0.25) is 24.3 Å². The minimum absolute atomic E-state index is 0.0612. The summed E-state index contributed by atoms with van der Waals surface area (Å²) < 4.78 is 1.78. The Kier molecular flexibility index (Phi) is 4.43. The average Bonchev–Trinajstić information content (AvgIpc) is 3.08. The maximum atomic E-state index is 12.7. The number of hydrogen-bond acceptors (Lipinski definition) is 4. The molecular weight excluding hydrogens is 290 g/mol. The van der Waals surface area contributed by atoms with Crippen LogP contribution in [0.4, 0.5) is 5.82 Å². The number of aryl methyl sites for hydroxylation is 2. The standard InChI is InChI=1S/C17H23N5O/c1-13-12-16(21(3)19-13)22-11-8-15(17(22)23)20(2)10-7-14-6-4-5-9-18-14/h4-6,9,12,15H,7-8,10-11H2,1-3H3. The molecule has 23 heavy (non-hydrogen) atoms. The van der Waals surface area contributed by atoms with Crippen LogP contribution in [0.5, 0.6) is 0 Å². The summed E-state index contributed by atoms with van der Waals surface area (Å²) in [6.07, 6.45) is 3.51. The highest BCUT2D eigenvalue weighted by Gasteiger charge is 2.36. The molecule has 0 aromatic carbocycles. The first-order chi connectivity index (χ1) is 11.1. The molecular formula is C17H23N5O. The fraction of sp³-hybridized carbons (Fsp3) is 0.471. The van der Waals surface area contributed by atoms with Gasteiger partial charge in [-0.05, 0) is 32.5 Å². The van der Waals surface area contributed by atoms with Gasteiger partial charge in [0.1, 0.15) is 5.82 Å². The van der Waals surface area contributed by atoms with Gasteiger partial charge in [-0.25, -0.2) is 0 Å². The Balaban J connectivity index is 1.63. The molecule has 1 fully saturated rings. The highest BCUT2D eigenvalue weighted by Crippen LogP contribution is 2.24. The van der Waals surface area contributed by atoms with Crippen LogP contribution < -0.4 is 4.90 Å². The van der Waals surface area contributed by atoms with Crippen LogP contribution >= 0.6 is 0 Å². The molecule has 0 bridgehead atoms. The van der Waals surface area contributed by atoms with Crippen molar-refractivity contribution in [3.63, 3.8) is 0 Å². The van der Waals surface area contributed by atoms with Crippen LogP contribution in [0.25, 0.3) is 0 Å². The van der Waals surface area contributed by atoms with E-state index < -0.39 is 0 Å². The number of carbonyl (C=O) groups is 1. The van der Waals surface area contributed by atoms with Crippen molar-refractivity contribution >= 4 is 11.7 Å². The van der Waals surface area contributed by atoms with E-state index >= 15 is 0 Å². The van der Waals surface area contributed by atoms with Crippen LogP contribution in [0.15, 0.2) is 30.5 Å². The molecule has 6 nitrogen and oxygen atoms in total. The molecule has 122 valence electrons. The summed E-state index contributed by atoms with van der Waals surface area (Å²) >= 11 is 0. The normalized spacial score (nSPS) is 18.2. The Morgan fingerprint density at radius 1 is 1.39 bits per heavy atom. The Labute approximate surface area is 136 Å². The SMILES string of the molecule is Cc1cc(N2CCC(N(C)CCc3ccccn3)C2=O)n(C)n1. The first-order valence-corrected chi connectivity index (χ1v) is 7.98. The van der Waals surface area contributed by atoms with E-state index in [9.17, 15) is 4.79 Å². The van der Waals surface area contributed by atoms with Gasteiger partial charge in [-0.15, -0.1) is 0 Å². The number of carbonyl (C=O) groups excluding carboxylic acids is 1. The van der Waals surface area contributed by atoms with E-state index in [1.54, 1.807) is 4.68 Å². The van der Waals surface area contributed by atoms with Crippen molar-refractivity contribution in [2.45, 2.75) is 25.8 Å². The van der Waals surface area contributed by atoms with Crippen LogP contribution in [0.3, 0.4) is 0 Å². The quantitative estimate of drug-likeness (QED) is 0.837. The lowest BCUT2D eigenvalue weighted by atomic mass is 10.2. The summed E-state index contributed by atoms with van der Waals surface area (Å²) in [5.74, 6) is 1.05. The number of likely N-dealkylation sites (N-methyl/N-ethyl adjacent to an activating group) is 1. The molecule has 2 aromatic heterocycles. The van der Waals surface area contributed by atoms with E-state index in [0.717, 1.165) is 43.1 Å². The summed E-state index contributed by atoms with van der Waals surface area (Å²) in [5, 5.41) is 4.34. The molecule has 0 radical (unpaired) electrons. The molecule has 3 heterocycles. The van der Waals surface area contributed by atoms with Crippen LogP contribution in [-0.4, -0.2) is 51.8 Å². The first kappa shape index (κ1) is 15.7. The fourth-order valence-corrected chi connectivity index (χ4v) is 3.14. The molecule has 0 aliphatic carbocycles. The monoisotopic (exact) mass is 313 g/mol. The molecule has 1 atom stereocenters. The van der Waals surface area contributed by atoms with Gasteiger partial charge in [0.05, 0.1) is 11.7 Å². The van der Waals surface area contributed by atoms with Crippen LogP contribution in [0.1, 0.15) is 17.8 Å². The fourth-order valence-electron chi connectivity index (χ4n) is 3.14. The lowest BCUT2D eigenvalue weighted by Gasteiger charge is -2.23. The summed E-state index contributed by atoms with van der Waals surface area (Å²) in [5.41, 5.74) is 1.99. The largest absolute Gasteiger partial charge is 0.296 e. The van der Waals surface area contributed by atoms with Gasteiger partial charge in [-0.2, -0.15) is 5.10 Å². The molecule has 3 rings (SSSR count). The molecule has 1 aliphatic rings. The molecule has 0 spiro atoms. The molecule has 1 unspecified atom stereocenters. The maximum Gasteiger partial charge on any atom is 0.245 e. The second kappa shape index (κ2) is 6.50. The van der Waals surface area contributed by atoms with Crippen molar-refractivity contribution in [3.05, 3.63) is 41.9 Å². The number of nitrogens with zero attached hydrogens (tertiary/aromatic N) is 5. The van der Waals surface area contributed by atoms with Gasteiger partial charge >= 0.3 is 0 Å². The van der Waals surface area contributed by atoms with Gasteiger partial charge in [0.25, 0.3) is 0 Å². The van der Waals surface area contributed by atoms with E-state index in [1.807, 2.05) is 56.4 Å². The first-order valence-electron chi connectivity index (χ1n) is 7.98. The molecule has 1 saturated heterocycles. The summed E-state index contributed by atoms with van der Waals surface area (Å²) in [6, 6.07) is 7.84. The number of rotatable bonds is 5. The average molecular weight is 313 g/mol. The van der Waals surface area contributed by atoms with Crippen molar-refractivity contribution in [3.8, 4) is 0 Å². The van der Waals surface area contributed by atoms with Crippen molar-refractivity contribution in [1.82, 2.24) is 19.7 Å². The Bertz CT molecular complexity index is 682. The Morgan fingerprint density at radius 3 is 2.87 bits per heavy atom. The lowest BCUT2D eigenvalue weighted by Crippen LogP contribution is -2.41. The van der Waals surface area contributed by atoms with Crippen molar-refractivity contribution in [1.29, 1.82) is 0 Å². The number of anilines is 1.